The van der Waals surface area contributed by atoms with Crippen LogP contribution in [0.3, 0.4) is 0 Å². The highest BCUT2D eigenvalue weighted by molar-refractivity contribution is 6.34. The summed E-state index contributed by atoms with van der Waals surface area (Å²) in [5.74, 6) is 1.86. The first-order chi connectivity index (χ1) is 10.2. The van der Waals surface area contributed by atoms with Gasteiger partial charge in [0.05, 0.1) is 0 Å². The Kier molecular flexibility index (Phi) is 5.28. The standard InChI is InChI=1S/C16H21Cl2NO2/c17-13-7-14(18)9-15(8-13)21-16(12-1-4-19-10-12)11-2-5-20-6-3-11/h7-9,11-12,16,19H,1-6,10H2/t12-,16+/m0/s1. The molecule has 3 rings (SSSR count). The number of halogens is 2. The zero-order chi connectivity index (χ0) is 14.7. The SMILES string of the molecule is Clc1cc(Cl)cc(O[C@H](C2CCOCC2)[C@H]2CCNC2)c1. The van der Waals surface area contributed by atoms with Crippen molar-refractivity contribution in [2.24, 2.45) is 11.8 Å². The van der Waals surface area contributed by atoms with Gasteiger partial charge in [-0.2, -0.15) is 0 Å². The maximum atomic E-state index is 6.34. The average molecular weight is 330 g/mol. The van der Waals surface area contributed by atoms with Gasteiger partial charge >= 0.3 is 0 Å². The van der Waals surface area contributed by atoms with Gasteiger partial charge in [-0.1, -0.05) is 23.2 Å². The lowest BCUT2D eigenvalue weighted by Crippen LogP contribution is -2.39. The molecule has 2 aliphatic heterocycles. The third-order valence-corrected chi connectivity index (χ3v) is 4.84. The van der Waals surface area contributed by atoms with Gasteiger partial charge < -0.3 is 14.8 Å². The lowest BCUT2D eigenvalue weighted by Gasteiger charge is -2.34. The second-order valence-electron chi connectivity index (χ2n) is 5.89. The fourth-order valence-electron chi connectivity index (χ4n) is 3.33. The second-order valence-corrected chi connectivity index (χ2v) is 6.76. The molecule has 0 amide bonds. The zero-order valence-electron chi connectivity index (χ0n) is 12.0. The smallest absolute Gasteiger partial charge is 0.122 e. The molecule has 1 aromatic rings. The predicted molar refractivity (Wildman–Crippen MR) is 85.4 cm³/mol. The van der Waals surface area contributed by atoms with E-state index in [9.17, 15) is 0 Å². The molecule has 0 spiro atoms. The van der Waals surface area contributed by atoms with Crippen LogP contribution >= 0.6 is 23.2 Å². The maximum absolute atomic E-state index is 6.34. The molecular weight excluding hydrogens is 309 g/mol. The van der Waals surface area contributed by atoms with Crippen molar-refractivity contribution in [3.8, 4) is 5.75 Å². The molecule has 5 heteroatoms. The zero-order valence-corrected chi connectivity index (χ0v) is 13.5. The van der Waals surface area contributed by atoms with Gasteiger partial charge in [-0.15, -0.1) is 0 Å². The van der Waals surface area contributed by atoms with Gasteiger partial charge in [0.25, 0.3) is 0 Å². The first kappa shape index (κ1) is 15.4. The Morgan fingerprint density at radius 3 is 2.38 bits per heavy atom. The lowest BCUT2D eigenvalue weighted by atomic mass is 9.85. The van der Waals surface area contributed by atoms with Crippen molar-refractivity contribution in [1.29, 1.82) is 0 Å². The summed E-state index contributed by atoms with van der Waals surface area (Å²) in [4.78, 5) is 0. The molecule has 0 bridgehead atoms. The summed E-state index contributed by atoms with van der Waals surface area (Å²) < 4.78 is 11.8. The third-order valence-electron chi connectivity index (χ3n) is 4.40. The van der Waals surface area contributed by atoms with Crippen molar-refractivity contribution in [3.05, 3.63) is 28.2 Å². The molecular formula is C16H21Cl2NO2. The Hall–Kier alpha value is -0.480. The molecule has 1 N–H and O–H groups in total. The quantitative estimate of drug-likeness (QED) is 0.911. The Morgan fingerprint density at radius 1 is 1.05 bits per heavy atom. The molecule has 0 aliphatic carbocycles. The molecule has 0 aromatic heterocycles. The van der Waals surface area contributed by atoms with Crippen LogP contribution in [0.1, 0.15) is 19.3 Å². The first-order valence-electron chi connectivity index (χ1n) is 7.63. The Labute approximate surface area is 135 Å². The summed E-state index contributed by atoms with van der Waals surface area (Å²) in [6.07, 6.45) is 3.50. The molecule has 21 heavy (non-hydrogen) atoms. The molecule has 0 saturated carbocycles. The van der Waals surface area contributed by atoms with Crippen LogP contribution in [0.15, 0.2) is 18.2 Å². The Bertz CT molecular complexity index is 451. The molecule has 2 saturated heterocycles. The normalized spacial score (nSPS) is 25.0. The summed E-state index contributed by atoms with van der Waals surface area (Å²) >= 11 is 12.2. The molecule has 2 aliphatic rings. The highest BCUT2D eigenvalue weighted by atomic mass is 35.5. The summed E-state index contributed by atoms with van der Waals surface area (Å²) in [6.45, 7) is 3.77. The molecule has 0 unspecified atom stereocenters. The molecule has 2 atom stereocenters. The van der Waals surface area contributed by atoms with Crippen LogP contribution in [0.4, 0.5) is 0 Å². The minimum atomic E-state index is 0.207. The van der Waals surface area contributed by atoms with E-state index in [1.165, 1.54) is 0 Å². The number of hydrogen-bond acceptors (Lipinski definition) is 3. The highest BCUT2D eigenvalue weighted by Gasteiger charge is 2.34. The van der Waals surface area contributed by atoms with Crippen LogP contribution in [-0.2, 0) is 4.74 Å². The molecule has 2 heterocycles. The van der Waals surface area contributed by atoms with Gasteiger partial charge in [-0.3, -0.25) is 0 Å². The van der Waals surface area contributed by atoms with Crippen molar-refractivity contribution < 1.29 is 9.47 Å². The largest absolute Gasteiger partial charge is 0.490 e. The number of ether oxygens (including phenoxy) is 2. The van der Waals surface area contributed by atoms with Crippen molar-refractivity contribution >= 4 is 23.2 Å². The molecule has 1 aromatic carbocycles. The van der Waals surface area contributed by atoms with Crippen LogP contribution in [0.2, 0.25) is 10.0 Å². The average Bonchev–Trinajstić information content (AvgIpc) is 2.98. The van der Waals surface area contributed by atoms with Crippen LogP contribution in [0.5, 0.6) is 5.75 Å². The topological polar surface area (TPSA) is 30.5 Å². The third kappa shape index (κ3) is 4.04. The Morgan fingerprint density at radius 2 is 1.76 bits per heavy atom. The van der Waals surface area contributed by atoms with Crippen LogP contribution in [-0.4, -0.2) is 32.4 Å². The molecule has 116 valence electrons. The van der Waals surface area contributed by atoms with Gasteiger partial charge in [0, 0.05) is 41.6 Å². The van der Waals surface area contributed by atoms with Gasteiger partial charge in [0.2, 0.25) is 0 Å². The minimum absolute atomic E-state index is 0.207. The number of nitrogens with one attached hydrogen (secondary N) is 1. The first-order valence-corrected chi connectivity index (χ1v) is 8.39. The Balaban J connectivity index is 1.77. The van der Waals surface area contributed by atoms with E-state index in [2.05, 4.69) is 5.32 Å². The highest BCUT2D eigenvalue weighted by Crippen LogP contribution is 2.33. The summed E-state index contributed by atoms with van der Waals surface area (Å²) in [5, 5.41) is 4.67. The van der Waals surface area contributed by atoms with Crippen molar-refractivity contribution in [2.75, 3.05) is 26.3 Å². The van der Waals surface area contributed by atoms with E-state index in [1.807, 2.05) is 12.1 Å². The van der Waals surface area contributed by atoms with Gasteiger partial charge in [-0.05, 0) is 44.0 Å². The number of hydrogen-bond donors (Lipinski definition) is 1. The molecule has 3 nitrogen and oxygen atoms in total. The van der Waals surface area contributed by atoms with E-state index >= 15 is 0 Å². The summed E-state index contributed by atoms with van der Waals surface area (Å²) in [5.41, 5.74) is 0. The van der Waals surface area contributed by atoms with Crippen molar-refractivity contribution in [1.82, 2.24) is 5.32 Å². The van der Waals surface area contributed by atoms with Crippen molar-refractivity contribution in [2.45, 2.75) is 25.4 Å². The van der Waals surface area contributed by atoms with Gasteiger partial charge in [-0.25, -0.2) is 0 Å². The number of benzene rings is 1. The molecule has 0 radical (unpaired) electrons. The minimum Gasteiger partial charge on any atom is -0.490 e. The van der Waals surface area contributed by atoms with Gasteiger partial charge in [0.15, 0.2) is 0 Å². The maximum Gasteiger partial charge on any atom is 0.122 e. The lowest BCUT2D eigenvalue weighted by molar-refractivity contribution is -0.00133. The summed E-state index contributed by atoms with van der Waals surface area (Å²) in [6, 6.07) is 5.43. The monoisotopic (exact) mass is 329 g/mol. The predicted octanol–water partition coefficient (Wildman–Crippen LogP) is 3.78. The van der Waals surface area contributed by atoms with Gasteiger partial charge in [0.1, 0.15) is 11.9 Å². The number of rotatable bonds is 4. The van der Waals surface area contributed by atoms with E-state index in [0.29, 0.717) is 21.9 Å². The molecule has 2 fully saturated rings. The van der Waals surface area contributed by atoms with Crippen LogP contribution in [0.25, 0.3) is 0 Å². The van der Waals surface area contributed by atoms with E-state index in [-0.39, 0.29) is 6.10 Å². The van der Waals surface area contributed by atoms with E-state index in [0.717, 1.165) is 51.3 Å². The second kappa shape index (κ2) is 7.19. The van der Waals surface area contributed by atoms with E-state index in [1.54, 1.807) is 6.07 Å². The van der Waals surface area contributed by atoms with E-state index in [4.69, 9.17) is 32.7 Å². The fraction of sp³-hybridized carbons (Fsp3) is 0.625. The fourth-order valence-corrected chi connectivity index (χ4v) is 3.84. The van der Waals surface area contributed by atoms with Crippen LogP contribution in [0, 0.1) is 11.8 Å². The van der Waals surface area contributed by atoms with E-state index < -0.39 is 0 Å². The summed E-state index contributed by atoms with van der Waals surface area (Å²) in [7, 11) is 0. The van der Waals surface area contributed by atoms with Crippen LogP contribution < -0.4 is 10.1 Å². The van der Waals surface area contributed by atoms with Crippen molar-refractivity contribution in [3.63, 3.8) is 0 Å².